The van der Waals surface area contributed by atoms with Crippen molar-refractivity contribution in [3.05, 3.63) is 64.7 Å². The van der Waals surface area contributed by atoms with Crippen LogP contribution in [0.2, 0.25) is 0 Å². The van der Waals surface area contributed by atoms with Gasteiger partial charge in [0.2, 0.25) is 0 Å². The Balaban J connectivity index is 0.00000225. The van der Waals surface area contributed by atoms with Gasteiger partial charge < -0.3 is 10.6 Å². The highest BCUT2D eigenvalue weighted by Gasteiger charge is 2.17. The largest absolute Gasteiger partial charge is 0.348 e. The predicted molar refractivity (Wildman–Crippen MR) is 108 cm³/mol. The van der Waals surface area contributed by atoms with Crippen molar-refractivity contribution in [3.8, 4) is 0 Å². The third kappa shape index (κ3) is 5.50. The molecule has 3 nitrogen and oxygen atoms in total. The number of amides is 1. The summed E-state index contributed by atoms with van der Waals surface area (Å²) in [5.74, 6) is 0.901. The molecule has 1 heterocycles. The molecule has 5 heteroatoms. The summed E-state index contributed by atoms with van der Waals surface area (Å²) >= 11 is 1.82. The van der Waals surface area contributed by atoms with Crippen LogP contribution >= 0.6 is 24.2 Å². The molecule has 1 fully saturated rings. The van der Waals surface area contributed by atoms with Crippen LogP contribution in [0, 0.1) is 13.8 Å². The number of thioether (sulfide) groups is 1. The van der Waals surface area contributed by atoms with E-state index in [2.05, 4.69) is 48.7 Å². The van der Waals surface area contributed by atoms with Gasteiger partial charge in [0.25, 0.3) is 5.91 Å². The molecule has 0 aromatic heterocycles. The van der Waals surface area contributed by atoms with E-state index in [1.807, 2.05) is 30.0 Å². The predicted octanol–water partition coefficient (Wildman–Crippen LogP) is 4.11. The highest BCUT2D eigenvalue weighted by molar-refractivity contribution is 7.98. The summed E-state index contributed by atoms with van der Waals surface area (Å²) in [5, 5.41) is 6.37. The van der Waals surface area contributed by atoms with Crippen LogP contribution in [-0.2, 0) is 5.75 Å². The maximum Gasteiger partial charge on any atom is 0.251 e. The van der Waals surface area contributed by atoms with Gasteiger partial charge in [-0.25, -0.2) is 0 Å². The fourth-order valence-corrected chi connectivity index (χ4v) is 3.92. The molecule has 134 valence electrons. The number of hydrogen-bond acceptors (Lipinski definition) is 3. The quantitative estimate of drug-likeness (QED) is 0.771. The van der Waals surface area contributed by atoms with Crippen LogP contribution in [0.4, 0.5) is 0 Å². The first-order chi connectivity index (χ1) is 11.6. The van der Waals surface area contributed by atoms with Crippen LogP contribution in [0.5, 0.6) is 0 Å². The van der Waals surface area contributed by atoms with Crippen molar-refractivity contribution in [3.63, 3.8) is 0 Å². The van der Waals surface area contributed by atoms with Crippen molar-refractivity contribution in [1.29, 1.82) is 0 Å². The zero-order valence-electron chi connectivity index (χ0n) is 14.7. The van der Waals surface area contributed by atoms with E-state index >= 15 is 0 Å². The SMILES string of the molecule is Cc1ccc(SCc2cccc(C(=O)NC3CCNC3)c2)c(C)c1.Cl. The summed E-state index contributed by atoms with van der Waals surface area (Å²) in [5.41, 5.74) is 4.53. The average molecular weight is 377 g/mol. The Morgan fingerprint density at radius 1 is 1.24 bits per heavy atom. The summed E-state index contributed by atoms with van der Waals surface area (Å²) in [6.07, 6.45) is 1.01. The minimum atomic E-state index is 0. The van der Waals surface area contributed by atoms with Crippen molar-refractivity contribution >= 4 is 30.1 Å². The van der Waals surface area contributed by atoms with E-state index in [9.17, 15) is 4.79 Å². The zero-order chi connectivity index (χ0) is 16.9. The third-order valence-corrected chi connectivity index (χ3v) is 5.56. The molecular weight excluding hydrogens is 352 g/mol. The lowest BCUT2D eigenvalue weighted by molar-refractivity contribution is 0.0940. The van der Waals surface area contributed by atoms with Crippen LogP contribution in [-0.4, -0.2) is 25.0 Å². The van der Waals surface area contributed by atoms with Crippen LogP contribution in [0.1, 0.15) is 33.5 Å². The summed E-state index contributed by atoms with van der Waals surface area (Å²) in [6.45, 7) is 6.11. The van der Waals surface area contributed by atoms with E-state index in [1.165, 1.54) is 21.6 Å². The van der Waals surface area contributed by atoms with Gasteiger partial charge in [0.1, 0.15) is 0 Å². The molecule has 2 aromatic rings. The van der Waals surface area contributed by atoms with E-state index in [0.29, 0.717) is 0 Å². The molecule has 2 N–H and O–H groups in total. The summed E-state index contributed by atoms with van der Waals surface area (Å²) in [7, 11) is 0. The van der Waals surface area contributed by atoms with Crippen molar-refractivity contribution in [2.75, 3.05) is 13.1 Å². The first-order valence-electron chi connectivity index (χ1n) is 8.42. The normalized spacial score (nSPS) is 16.3. The molecule has 0 radical (unpaired) electrons. The maximum atomic E-state index is 12.4. The third-order valence-electron chi connectivity index (χ3n) is 4.31. The molecular formula is C20H25ClN2OS. The smallest absolute Gasteiger partial charge is 0.251 e. The average Bonchev–Trinajstić information content (AvgIpc) is 3.07. The molecule has 0 saturated carbocycles. The first-order valence-corrected chi connectivity index (χ1v) is 9.41. The van der Waals surface area contributed by atoms with E-state index in [4.69, 9.17) is 0 Å². The Labute approximate surface area is 160 Å². The van der Waals surface area contributed by atoms with Crippen LogP contribution < -0.4 is 10.6 Å². The van der Waals surface area contributed by atoms with Gasteiger partial charge in [-0.05, 0) is 56.1 Å². The Morgan fingerprint density at radius 2 is 2.08 bits per heavy atom. The fourth-order valence-electron chi connectivity index (χ4n) is 2.97. The summed E-state index contributed by atoms with van der Waals surface area (Å²) < 4.78 is 0. The Bertz CT molecular complexity index is 729. The van der Waals surface area contributed by atoms with Crippen molar-refractivity contribution in [2.24, 2.45) is 0 Å². The molecule has 0 aliphatic carbocycles. The van der Waals surface area contributed by atoms with Crippen molar-refractivity contribution < 1.29 is 4.79 Å². The Morgan fingerprint density at radius 3 is 2.80 bits per heavy atom. The number of nitrogens with one attached hydrogen (secondary N) is 2. The van der Waals surface area contributed by atoms with Gasteiger partial charge >= 0.3 is 0 Å². The zero-order valence-corrected chi connectivity index (χ0v) is 16.3. The minimum absolute atomic E-state index is 0. The Kier molecular flexibility index (Phi) is 7.36. The second kappa shape index (κ2) is 9.27. The highest BCUT2D eigenvalue weighted by atomic mass is 35.5. The number of halogens is 1. The molecule has 1 atom stereocenters. The summed E-state index contributed by atoms with van der Waals surface area (Å²) in [4.78, 5) is 13.7. The van der Waals surface area contributed by atoms with Crippen molar-refractivity contribution in [1.82, 2.24) is 10.6 Å². The number of hydrogen-bond donors (Lipinski definition) is 2. The monoisotopic (exact) mass is 376 g/mol. The lowest BCUT2D eigenvalue weighted by atomic mass is 10.1. The lowest BCUT2D eigenvalue weighted by Crippen LogP contribution is -2.36. The number of rotatable bonds is 5. The van der Waals surface area contributed by atoms with Gasteiger partial charge in [-0.3, -0.25) is 4.79 Å². The van der Waals surface area contributed by atoms with Crippen LogP contribution in [0.15, 0.2) is 47.4 Å². The molecule has 1 unspecified atom stereocenters. The van der Waals surface area contributed by atoms with Gasteiger partial charge in [-0.15, -0.1) is 24.2 Å². The molecule has 1 aliphatic rings. The number of benzene rings is 2. The molecule has 0 spiro atoms. The molecule has 1 saturated heterocycles. The van der Waals surface area contributed by atoms with Gasteiger partial charge in [0, 0.05) is 28.8 Å². The van der Waals surface area contributed by atoms with E-state index < -0.39 is 0 Å². The number of carbonyl (C=O) groups excluding carboxylic acids is 1. The summed E-state index contributed by atoms with van der Waals surface area (Å²) in [6, 6.07) is 14.8. The van der Waals surface area contributed by atoms with E-state index in [-0.39, 0.29) is 24.4 Å². The molecule has 1 amide bonds. The van der Waals surface area contributed by atoms with Gasteiger partial charge in [0.15, 0.2) is 0 Å². The highest BCUT2D eigenvalue weighted by Crippen LogP contribution is 2.27. The lowest BCUT2D eigenvalue weighted by Gasteiger charge is -2.12. The van der Waals surface area contributed by atoms with Gasteiger partial charge in [-0.2, -0.15) is 0 Å². The molecule has 1 aliphatic heterocycles. The van der Waals surface area contributed by atoms with E-state index in [0.717, 1.165) is 30.8 Å². The van der Waals surface area contributed by atoms with Gasteiger partial charge in [-0.1, -0.05) is 29.8 Å². The Hall–Kier alpha value is -1.49. The molecule has 2 aromatic carbocycles. The minimum Gasteiger partial charge on any atom is -0.348 e. The molecule has 3 rings (SSSR count). The fraction of sp³-hybridized carbons (Fsp3) is 0.350. The maximum absolute atomic E-state index is 12.4. The topological polar surface area (TPSA) is 41.1 Å². The van der Waals surface area contributed by atoms with E-state index in [1.54, 1.807) is 0 Å². The molecule has 0 bridgehead atoms. The molecule has 25 heavy (non-hydrogen) atoms. The van der Waals surface area contributed by atoms with Gasteiger partial charge in [0.05, 0.1) is 0 Å². The second-order valence-corrected chi connectivity index (χ2v) is 7.44. The first kappa shape index (κ1) is 19.8. The van der Waals surface area contributed by atoms with Crippen LogP contribution in [0.25, 0.3) is 0 Å². The standard InChI is InChI=1S/C20H24N2OS.ClH/c1-14-6-7-19(15(2)10-14)24-13-16-4-3-5-17(11-16)20(23)22-18-8-9-21-12-18;/h3-7,10-11,18,21H,8-9,12-13H2,1-2H3,(H,22,23);1H. The van der Waals surface area contributed by atoms with Crippen LogP contribution in [0.3, 0.4) is 0 Å². The second-order valence-electron chi connectivity index (χ2n) is 6.42. The number of carbonyl (C=O) groups is 1. The number of aryl methyl sites for hydroxylation is 2. The van der Waals surface area contributed by atoms with Crippen molar-refractivity contribution in [2.45, 2.75) is 37.0 Å².